The lowest BCUT2D eigenvalue weighted by Crippen LogP contribution is -2.67. The second-order valence-corrected chi connectivity index (χ2v) is 7.12. The van der Waals surface area contributed by atoms with Crippen molar-refractivity contribution in [2.45, 2.75) is 58.2 Å². The summed E-state index contributed by atoms with van der Waals surface area (Å²) >= 11 is 0. The fraction of sp³-hybridized carbons (Fsp3) is 1.00. The van der Waals surface area contributed by atoms with E-state index in [1.54, 1.807) is 0 Å². The van der Waals surface area contributed by atoms with Gasteiger partial charge < -0.3 is 15.0 Å². The van der Waals surface area contributed by atoms with Crippen molar-refractivity contribution in [3.63, 3.8) is 0 Å². The molecule has 4 unspecified atom stereocenters. The number of nitrogens with zero attached hydrogens (tertiary/aromatic N) is 1. The van der Waals surface area contributed by atoms with E-state index in [1.807, 2.05) is 0 Å². The van der Waals surface area contributed by atoms with Crippen LogP contribution in [0.4, 0.5) is 0 Å². The van der Waals surface area contributed by atoms with Crippen LogP contribution in [0.25, 0.3) is 0 Å². The van der Waals surface area contributed by atoms with Gasteiger partial charge in [-0.2, -0.15) is 0 Å². The molecular formula is C15H28N2O. The van der Waals surface area contributed by atoms with Gasteiger partial charge >= 0.3 is 0 Å². The number of hydrogen-bond acceptors (Lipinski definition) is 3. The Morgan fingerprint density at radius 3 is 2.78 bits per heavy atom. The molecule has 3 heteroatoms. The van der Waals surface area contributed by atoms with Crippen LogP contribution in [-0.4, -0.2) is 49.3 Å². The van der Waals surface area contributed by atoms with E-state index in [0.717, 1.165) is 12.5 Å². The van der Waals surface area contributed by atoms with Gasteiger partial charge in [-0.15, -0.1) is 0 Å². The molecule has 0 aromatic carbocycles. The average Bonchev–Trinajstić information content (AvgIpc) is 2.95. The van der Waals surface area contributed by atoms with Crippen LogP contribution < -0.4 is 5.32 Å². The van der Waals surface area contributed by atoms with Gasteiger partial charge in [-0.05, 0) is 39.3 Å². The summed E-state index contributed by atoms with van der Waals surface area (Å²) in [6, 6.07) is 1.26. The predicted molar refractivity (Wildman–Crippen MR) is 73.7 cm³/mol. The highest BCUT2D eigenvalue weighted by molar-refractivity contribution is 5.11. The first-order valence-corrected chi connectivity index (χ1v) is 7.69. The molecule has 2 heterocycles. The number of nitrogens with one attached hydrogen (secondary N) is 1. The fourth-order valence-corrected chi connectivity index (χ4v) is 4.37. The van der Waals surface area contributed by atoms with Crippen LogP contribution in [0.3, 0.4) is 0 Å². The van der Waals surface area contributed by atoms with Crippen LogP contribution in [0.1, 0.15) is 40.0 Å². The summed E-state index contributed by atoms with van der Waals surface area (Å²) < 4.78 is 5.86. The van der Waals surface area contributed by atoms with Crippen LogP contribution in [0, 0.1) is 11.3 Å². The van der Waals surface area contributed by atoms with Gasteiger partial charge in [-0.3, -0.25) is 0 Å². The predicted octanol–water partition coefficient (Wildman–Crippen LogP) is 1.87. The molecule has 2 saturated heterocycles. The highest BCUT2D eigenvalue weighted by atomic mass is 16.5. The van der Waals surface area contributed by atoms with Crippen molar-refractivity contribution in [1.82, 2.24) is 10.2 Å². The molecule has 4 atom stereocenters. The van der Waals surface area contributed by atoms with Crippen LogP contribution in [0.2, 0.25) is 0 Å². The van der Waals surface area contributed by atoms with Crippen LogP contribution >= 0.6 is 0 Å². The molecule has 1 aliphatic carbocycles. The highest BCUT2D eigenvalue weighted by Gasteiger charge is 2.59. The monoisotopic (exact) mass is 252 g/mol. The molecule has 0 spiro atoms. The van der Waals surface area contributed by atoms with Gasteiger partial charge in [0.05, 0.1) is 6.10 Å². The first kappa shape index (κ1) is 12.9. The molecule has 0 aromatic heterocycles. The molecule has 0 bridgehead atoms. The van der Waals surface area contributed by atoms with Gasteiger partial charge in [0.15, 0.2) is 0 Å². The Bertz CT molecular complexity index is 299. The van der Waals surface area contributed by atoms with E-state index in [4.69, 9.17) is 4.74 Å². The molecule has 1 N–H and O–H groups in total. The zero-order chi connectivity index (χ0) is 12.8. The summed E-state index contributed by atoms with van der Waals surface area (Å²) in [5, 5.41) is 3.88. The Kier molecular flexibility index (Phi) is 3.41. The van der Waals surface area contributed by atoms with Gasteiger partial charge in [0.2, 0.25) is 0 Å². The van der Waals surface area contributed by atoms with Gasteiger partial charge in [0, 0.05) is 36.6 Å². The van der Waals surface area contributed by atoms with E-state index in [9.17, 15) is 0 Å². The lowest BCUT2D eigenvalue weighted by Gasteiger charge is -2.55. The minimum Gasteiger partial charge on any atom is -0.377 e. The van der Waals surface area contributed by atoms with E-state index in [2.05, 4.69) is 31.0 Å². The first-order chi connectivity index (χ1) is 8.59. The van der Waals surface area contributed by atoms with Crippen molar-refractivity contribution in [1.29, 1.82) is 0 Å². The summed E-state index contributed by atoms with van der Waals surface area (Å²) in [6.45, 7) is 11.9. The largest absolute Gasteiger partial charge is 0.377 e. The molecule has 0 radical (unpaired) electrons. The van der Waals surface area contributed by atoms with Gasteiger partial charge in [0.25, 0.3) is 0 Å². The Morgan fingerprint density at radius 1 is 1.33 bits per heavy atom. The summed E-state index contributed by atoms with van der Waals surface area (Å²) in [5.74, 6) is 0.765. The quantitative estimate of drug-likeness (QED) is 0.827. The van der Waals surface area contributed by atoms with Crippen molar-refractivity contribution in [2.24, 2.45) is 11.3 Å². The van der Waals surface area contributed by atoms with Crippen LogP contribution in [-0.2, 0) is 4.74 Å². The Morgan fingerprint density at radius 2 is 2.06 bits per heavy atom. The van der Waals surface area contributed by atoms with E-state index in [-0.39, 0.29) is 0 Å². The Labute approximate surface area is 111 Å². The summed E-state index contributed by atoms with van der Waals surface area (Å²) in [6.07, 6.45) is 4.54. The summed E-state index contributed by atoms with van der Waals surface area (Å²) in [7, 11) is 0. The number of likely N-dealkylation sites (tertiary alicyclic amines) is 1. The lowest BCUT2D eigenvalue weighted by molar-refractivity contribution is -0.115. The number of fused-ring (bicyclic) bond motifs is 1. The normalized spacial score (nSPS) is 40.5. The Balaban J connectivity index is 1.52. The molecule has 3 rings (SSSR count). The van der Waals surface area contributed by atoms with Crippen molar-refractivity contribution in [2.75, 3.05) is 26.2 Å². The van der Waals surface area contributed by atoms with E-state index in [1.165, 1.54) is 38.9 Å². The van der Waals surface area contributed by atoms with E-state index < -0.39 is 0 Å². The first-order valence-electron chi connectivity index (χ1n) is 7.69. The number of rotatable bonds is 4. The fourth-order valence-electron chi connectivity index (χ4n) is 4.37. The maximum atomic E-state index is 5.86. The third kappa shape index (κ3) is 2.10. The van der Waals surface area contributed by atoms with Gasteiger partial charge in [-0.1, -0.05) is 13.8 Å². The van der Waals surface area contributed by atoms with Crippen molar-refractivity contribution in [3.8, 4) is 0 Å². The topological polar surface area (TPSA) is 24.5 Å². The minimum atomic E-state index is 0.320. The maximum absolute atomic E-state index is 5.86. The average molecular weight is 252 g/mol. The highest BCUT2D eigenvalue weighted by Crippen LogP contribution is 2.52. The molecule has 104 valence electrons. The second-order valence-electron chi connectivity index (χ2n) is 7.12. The van der Waals surface area contributed by atoms with Gasteiger partial charge in [-0.25, -0.2) is 0 Å². The zero-order valence-corrected chi connectivity index (χ0v) is 12.1. The lowest BCUT2D eigenvalue weighted by atomic mass is 9.57. The molecule has 3 nitrogen and oxygen atoms in total. The molecule has 1 saturated carbocycles. The maximum Gasteiger partial charge on any atom is 0.0685 e. The molecule has 18 heavy (non-hydrogen) atoms. The number of hydrogen-bond donors (Lipinski definition) is 1. The van der Waals surface area contributed by atoms with Crippen molar-refractivity contribution >= 4 is 0 Å². The third-order valence-electron chi connectivity index (χ3n) is 5.30. The summed E-state index contributed by atoms with van der Waals surface area (Å²) in [4.78, 5) is 2.60. The van der Waals surface area contributed by atoms with E-state index >= 15 is 0 Å². The second kappa shape index (κ2) is 4.77. The van der Waals surface area contributed by atoms with Crippen LogP contribution in [0.5, 0.6) is 0 Å². The Hall–Kier alpha value is -0.120. The van der Waals surface area contributed by atoms with Crippen LogP contribution in [0.15, 0.2) is 0 Å². The van der Waals surface area contributed by atoms with Crippen molar-refractivity contribution in [3.05, 3.63) is 0 Å². The standard InChI is InChI=1S/C15H28N2O/c1-11(10-17-7-4-5-8-17)16-13-12-6-9-18-14(12)15(13,2)3/h11-14,16H,4-10H2,1-3H3. The number of ether oxygens (including phenoxy) is 1. The SMILES string of the molecule is CC(CN1CCCC1)NC1C2CCOC2C1(C)C. The summed E-state index contributed by atoms with van der Waals surface area (Å²) in [5.41, 5.74) is 0.320. The molecule has 3 fully saturated rings. The molecular weight excluding hydrogens is 224 g/mol. The van der Waals surface area contributed by atoms with E-state index in [0.29, 0.717) is 23.6 Å². The third-order valence-corrected chi connectivity index (χ3v) is 5.30. The van der Waals surface area contributed by atoms with Crippen molar-refractivity contribution < 1.29 is 4.74 Å². The molecule has 0 amide bonds. The van der Waals surface area contributed by atoms with Gasteiger partial charge in [0.1, 0.15) is 0 Å². The minimum absolute atomic E-state index is 0.320. The zero-order valence-electron chi connectivity index (χ0n) is 12.1. The molecule has 0 aromatic rings. The molecule has 3 aliphatic rings. The molecule has 2 aliphatic heterocycles. The smallest absolute Gasteiger partial charge is 0.0685 e.